The number of nitrogens with zero attached hydrogens (tertiary/aromatic N) is 3. The summed E-state index contributed by atoms with van der Waals surface area (Å²) in [5.74, 6) is -0.414. The number of carbonyl (C=O) groups is 2. The van der Waals surface area contributed by atoms with E-state index in [0.29, 0.717) is 29.7 Å². The quantitative estimate of drug-likeness (QED) is 0.714. The summed E-state index contributed by atoms with van der Waals surface area (Å²) in [5, 5.41) is 8.03. The molecule has 0 saturated heterocycles. The van der Waals surface area contributed by atoms with Gasteiger partial charge in [-0.25, -0.2) is 4.68 Å². The fraction of sp³-hybridized carbons (Fsp3) is 0.238. The second-order valence-electron chi connectivity index (χ2n) is 6.30. The number of benzene rings is 2. The van der Waals surface area contributed by atoms with Gasteiger partial charge in [-0.2, -0.15) is 5.10 Å². The van der Waals surface area contributed by atoms with Gasteiger partial charge in [-0.15, -0.1) is 0 Å². The van der Waals surface area contributed by atoms with Gasteiger partial charge in [-0.3, -0.25) is 14.4 Å². The minimum absolute atomic E-state index is 0.0465. The fourth-order valence-electron chi connectivity index (χ4n) is 2.97. The molecule has 1 N–H and O–H groups in total. The third kappa shape index (κ3) is 4.09. The maximum atomic E-state index is 12.4. The molecule has 0 bridgehead atoms. The summed E-state index contributed by atoms with van der Waals surface area (Å²) in [6.07, 6.45) is 1.57. The first-order chi connectivity index (χ1) is 13.5. The number of hydrogen-bond acceptors (Lipinski definition) is 4. The average molecular weight is 378 g/mol. The van der Waals surface area contributed by atoms with Crippen LogP contribution in [0.15, 0.2) is 59.5 Å². The summed E-state index contributed by atoms with van der Waals surface area (Å²) >= 11 is 0. The molecule has 0 fully saturated rings. The van der Waals surface area contributed by atoms with E-state index in [1.54, 1.807) is 53.6 Å². The highest BCUT2D eigenvalue weighted by molar-refractivity contribution is 5.95. The minimum atomic E-state index is -0.368. The Labute approximate surface area is 162 Å². The fourth-order valence-corrected chi connectivity index (χ4v) is 2.97. The molecule has 1 aromatic heterocycles. The van der Waals surface area contributed by atoms with Crippen molar-refractivity contribution in [1.82, 2.24) is 14.7 Å². The molecule has 3 rings (SSSR count). The van der Waals surface area contributed by atoms with Crippen molar-refractivity contribution in [2.75, 3.05) is 18.4 Å². The molecular weight excluding hydrogens is 356 g/mol. The number of amides is 2. The van der Waals surface area contributed by atoms with Crippen LogP contribution in [-0.4, -0.2) is 39.6 Å². The highest BCUT2D eigenvalue weighted by Gasteiger charge is 2.13. The SMILES string of the molecule is CCN(CC)C(=O)c1ccc(NC(=O)Cn2ncc3ccccc3c2=O)cc1. The number of hydrogen-bond donors (Lipinski definition) is 1. The van der Waals surface area contributed by atoms with Gasteiger partial charge in [0, 0.05) is 29.7 Å². The molecule has 3 aromatic rings. The predicted octanol–water partition coefficient (Wildman–Crippen LogP) is 2.52. The molecule has 7 heteroatoms. The Hall–Kier alpha value is -3.48. The van der Waals surface area contributed by atoms with Gasteiger partial charge in [-0.1, -0.05) is 18.2 Å². The molecule has 0 unspecified atom stereocenters. The van der Waals surface area contributed by atoms with E-state index in [1.165, 1.54) is 0 Å². The Kier molecular flexibility index (Phi) is 5.84. The first kappa shape index (κ1) is 19.3. The Morgan fingerprint density at radius 2 is 1.71 bits per heavy atom. The third-order valence-electron chi connectivity index (χ3n) is 4.52. The van der Waals surface area contributed by atoms with E-state index in [0.717, 1.165) is 10.1 Å². The van der Waals surface area contributed by atoms with Crippen molar-refractivity contribution >= 4 is 28.3 Å². The maximum Gasteiger partial charge on any atom is 0.275 e. The number of aromatic nitrogens is 2. The van der Waals surface area contributed by atoms with Crippen LogP contribution in [0.5, 0.6) is 0 Å². The van der Waals surface area contributed by atoms with Crippen LogP contribution in [0.1, 0.15) is 24.2 Å². The zero-order valence-electron chi connectivity index (χ0n) is 15.9. The van der Waals surface area contributed by atoms with Gasteiger partial charge in [-0.05, 0) is 44.2 Å². The molecule has 0 spiro atoms. The largest absolute Gasteiger partial charge is 0.339 e. The standard InChI is InChI=1S/C21H22N4O3/c1-3-24(4-2)20(27)15-9-11-17(12-10-15)23-19(26)14-25-21(28)18-8-6-5-7-16(18)13-22-25/h5-13H,3-4,14H2,1-2H3,(H,23,26). The zero-order chi connectivity index (χ0) is 20.1. The summed E-state index contributed by atoms with van der Waals surface area (Å²) in [6, 6.07) is 13.8. The lowest BCUT2D eigenvalue weighted by Gasteiger charge is -2.18. The average Bonchev–Trinajstić information content (AvgIpc) is 2.71. The molecule has 1 heterocycles. The molecule has 2 aromatic carbocycles. The van der Waals surface area contributed by atoms with Crippen LogP contribution in [0.4, 0.5) is 5.69 Å². The Morgan fingerprint density at radius 3 is 2.39 bits per heavy atom. The number of fused-ring (bicyclic) bond motifs is 1. The predicted molar refractivity (Wildman–Crippen MR) is 108 cm³/mol. The van der Waals surface area contributed by atoms with Gasteiger partial charge >= 0.3 is 0 Å². The zero-order valence-corrected chi connectivity index (χ0v) is 15.9. The van der Waals surface area contributed by atoms with Crippen molar-refractivity contribution in [2.24, 2.45) is 0 Å². The smallest absolute Gasteiger partial charge is 0.275 e. The van der Waals surface area contributed by atoms with E-state index in [4.69, 9.17) is 0 Å². The Balaban J connectivity index is 1.69. The molecular formula is C21H22N4O3. The summed E-state index contributed by atoms with van der Waals surface area (Å²) in [5.41, 5.74) is 0.803. The van der Waals surface area contributed by atoms with Gasteiger partial charge in [0.25, 0.3) is 11.5 Å². The lowest BCUT2D eigenvalue weighted by atomic mass is 10.1. The van der Waals surface area contributed by atoms with E-state index < -0.39 is 0 Å². The second-order valence-corrected chi connectivity index (χ2v) is 6.30. The third-order valence-corrected chi connectivity index (χ3v) is 4.52. The maximum absolute atomic E-state index is 12.4. The van der Waals surface area contributed by atoms with Crippen molar-refractivity contribution in [3.63, 3.8) is 0 Å². The number of rotatable bonds is 6. The molecule has 2 amide bonds. The topological polar surface area (TPSA) is 84.3 Å². The second kappa shape index (κ2) is 8.47. The molecule has 28 heavy (non-hydrogen) atoms. The number of nitrogens with one attached hydrogen (secondary N) is 1. The van der Waals surface area contributed by atoms with Gasteiger partial charge in [0.15, 0.2) is 0 Å². The van der Waals surface area contributed by atoms with Crippen molar-refractivity contribution in [3.8, 4) is 0 Å². The highest BCUT2D eigenvalue weighted by Crippen LogP contribution is 2.12. The highest BCUT2D eigenvalue weighted by atomic mass is 16.2. The summed E-state index contributed by atoms with van der Waals surface area (Å²) in [6.45, 7) is 4.95. The van der Waals surface area contributed by atoms with Crippen LogP contribution in [0.2, 0.25) is 0 Å². The molecule has 0 aliphatic heterocycles. The van der Waals surface area contributed by atoms with Gasteiger partial charge < -0.3 is 10.2 Å². The molecule has 0 saturated carbocycles. The van der Waals surface area contributed by atoms with Crippen molar-refractivity contribution in [2.45, 2.75) is 20.4 Å². The lowest BCUT2D eigenvalue weighted by Crippen LogP contribution is -2.30. The molecule has 144 valence electrons. The number of anilines is 1. The van der Waals surface area contributed by atoms with Gasteiger partial charge in [0.1, 0.15) is 6.54 Å². The summed E-state index contributed by atoms with van der Waals surface area (Å²) in [4.78, 5) is 38.8. The van der Waals surface area contributed by atoms with Crippen LogP contribution in [-0.2, 0) is 11.3 Å². The minimum Gasteiger partial charge on any atom is -0.339 e. The van der Waals surface area contributed by atoms with Crippen LogP contribution in [0, 0.1) is 0 Å². The van der Waals surface area contributed by atoms with Crippen molar-refractivity contribution < 1.29 is 9.59 Å². The van der Waals surface area contributed by atoms with Crippen LogP contribution in [0.25, 0.3) is 10.8 Å². The van der Waals surface area contributed by atoms with Crippen LogP contribution >= 0.6 is 0 Å². The summed E-state index contributed by atoms with van der Waals surface area (Å²) < 4.78 is 1.13. The molecule has 0 radical (unpaired) electrons. The first-order valence-electron chi connectivity index (χ1n) is 9.17. The first-order valence-corrected chi connectivity index (χ1v) is 9.17. The van der Waals surface area contributed by atoms with Gasteiger partial charge in [0.05, 0.1) is 11.6 Å². The van der Waals surface area contributed by atoms with Crippen LogP contribution in [0.3, 0.4) is 0 Å². The molecule has 0 atom stereocenters. The van der Waals surface area contributed by atoms with Gasteiger partial charge in [0.2, 0.25) is 5.91 Å². The molecule has 0 aliphatic rings. The van der Waals surface area contributed by atoms with E-state index in [2.05, 4.69) is 10.4 Å². The molecule has 0 aliphatic carbocycles. The Morgan fingerprint density at radius 1 is 1.04 bits per heavy atom. The van der Waals surface area contributed by atoms with E-state index >= 15 is 0 Å². The number of carbonyl (C=O) groups excluding carboxylic acids is 2. The monoisotopic (exact) mass is 378 g/mol. The van der Waals surface area contributed by atoms with E-state index in [9.17, 15) is 14.4 Å². The lowest BCUT2D eigenvalue weighted by molar-refractivity contribution is -0.117. The summed E-state index contributed by atoms with van der Waals surface area (Å²) in [7, 11) is 0. The molecule has 7 nitrogen and oxygen atoms in total. The normalized spacial score (nSPS) is 10.6. The van der Waals surface area contributed by atoms with Crippen LogP contribution < -0.4 is 10.9 Å². The van der Waals surface area contributed by atoms with E-state index in [-0.39, 0.29) is 23.9 Å². The Bertz CT molecular complexity index is 1050. The van der Waals surface area contributed by atoms with Crippen molar-refractivity contribution in [3.05, 3.63) is 70.6 Å². The van der Waals surface area contributed by atoms with Crippen molar-refractivity contribution in [1.29, 1.82) is 0 Å². The van der Waals surface area contributed by atoms with E-state index in [1.807, 2.05) is 19.9 Å².